The first-order valence-electron chi connectivity index (χ1n) is 14.8. The number of nitro benzene ring substituents is 1. The second kappa shape index (κ2) is 14.7. The summed E-state index contributed by atoms with van der Waals surface area (Å²) < 4.78 is 39.5. The number of rotatable bonds is 14. The van der Waals surface area contributed by atoms with Gasteiger partial charge in [0.15, 0.2) is 4.90 Å². The van der Waals surface area contributed by atoms with E-state index in [4.69, 9.17) is 9.47 Å². The van der Waals surface area contributed by atoms with Crippen molar-refractivity contribution in [1.82, 2.24) is 9.62 Å². The molecule has 4 rings (SSSR count). The predicted molar refractivity (Wildman–Crippen MR) is 176 cm³/mol. The smallest absolute Gasteiger partial charge is 0.321 e. The zero-order chi connectivity index (χ0) is 33.4. The molecule has 0 unspecified atom stereocenters. The molecular weight excluding hydrogens is 606 g/mol. The van der Waals surface area contributed by atoms with Crippen molar-refractivity contribution in [3.63, 3.8) is 0 Å². The van der Waals surface area contributed by atoms with Crippen molar-refractivity contribution in [1.29, 1.82) is 0 Å². The third-order valence-corrected chi connectivity index (χ3v) is 9.21. The monoisotopic (exact) mass is 645 g/mol. The quantitative estimate of drug-likeness (QED) is 0.0590. The zero-order valence-corrected chi connectivity index (χ0v) is 27.2. The van der Waals surface area contributed by atoms with Crippen LogP contribution in [0.4, 0.5) is 5.69 Å². The van der Waals surface area contributed by atoms with E-state index in [1.165, 1.54) is 18.2 Å². The molecular formula is C35H39N3O7S. The number of esters is 1. The molecule has 0 saturated heterocycles. The molecule has 46 heavy (non-hydrogen) atoms. The van der Waals surface area contributed by atoms with Crippen molar-refractivity contribution in [2.45, 2.75) is 43.2 Å². The number of nitrogens with zero attached hydrogens (tertiary/aromatic N) is 2. The van der Waals surface area contributed by atoms with E-state index in [1.54, 1.807) is 27.9 Å². The lowest BCUT2D eigenvalue weighted by molar-refractivity contribution is -0.387. The minimum absolute atomic E-state index is 0.108. The summed E-state index contributed by atoms with van der Waals surface area (Å²) in [6.45, 7) is 4.65. The van der Waals surface area contributed by atoms with Crippen molar-refractivity contribution in [2.75, 3.05) is 26.7 Å². The van der Waals surface area contributed by atoms with Gasteiger partial charge in [0, 0.05) is 12.6 Å². The molecule has 0 bridgehead atoms. The second-order valence-electron chi connectivity index (χ2n) is 11.6. The van der Waals surface area contributed by atoms with Gasteiger partial charge in [-0.1, -0.05) is 84.9 Å². The second-order valence-corrected chi connectivity index (χ2v) is 13.5. The van der Waals surface area contributed by atoms with Gasteiger partial charge in [-0.3, -0.25) is 20.2 Å². The summed E-state index contributed by atoms with van der Waals surface area (Å²) in [7, 11) is -2.85. The highest BCUT2D eigenvalue weighted by atomic mass is 32.2. The van der Waals surface area contributed by atoms with E-state index in [0.29, 0.717) is 12.3 Å². The molecule has 0 heterocycles. The van der Waals surface area contributed by atoms with Gasteiger partial charge < -0.3 is 9.47 Å². The number of methoxy groups -OCH3 is 1. The summed E-state index contributed by atoms with van der Waals surface area (Å²) in [5.41, 5.74) is 0.609. The molecule has 0 aromatic heterocycles. The number of benzene rings is 4. The van der Waals surface area contributed by atoms with Crippen LogP contribution in [-0.4, -0.2) is 56.0 Å². The fourth-order valence-corrected chi connectivity index (χ4v) is 6.90. The lowest BCUT2D eigenvalue weighted by Crippen LogP contribution is -2.46. The van der Waals surface area contributed by atoms with E-state index in [0.717, 1.165) is 27.1 Å². The number of nitrogens with one attached hydrogen (secondary N) is 1. The molecule has 0 aliphatic heterocycles. The molecule has 0 radical (unpaired) electrons. The molecule has 0 aliphatic rings. The number of hydrogen-bond donors (Lipinski definition) is 1. The molecule has 10 nitrogen and oxygen atoms in total. The van der Waals surface area contributed by atoms with E-state index in [2.05, 4.69) is 5.32 Å². The molecule has 0 saturated carbocycles. The van der Waals surface area contributed by atoms with Crippen LogP contribution in [0.5, 0.6) is 5.75 Å². The van der Waals surface area contributed by atoms with Crippen molar-refractivity contribution in [3.8, 4) is 5.75 Å². The number of ether oxygens (including phenoxy) is 2. The molecule has 4 aromatic carbocycles. The van der Waals surface area contributed by atoms with Gasteiger partial charge in [-0.15, -0.1) is 0 Å². The summed E-state index contributed by atoms with van der Waals surface area (Å²) in [5.74, 6) is -0.0551. The van der Waals surface area contributed by atoms with E-state index < -0.39 is 49.2 Å². The number of para-hydroxylation sites is 1. The molecule has 1 N–H and O–H groups in total. The van der Waals surface area contributed by atoms with Crippen LogP contribution in [0.3, 0.4) is 0 Å². The van der Waals surface area contributed by atoms with Crippen LogP contribution in [0.15, 0.2) is 114 Å². The first-order valence-corrected chi connectivity index (χ1v) is 16.3. The van der Waals surface area contributed by atoms with Crippen LogP contribution in [0, 0.1) is 10.1 Å². The normalized spacial score (nSPS) is 12.1. The van der Waals surface area contributed by atoms with Crippen LogP contribution in [-0.2, 0) is 25.1 Å². The summed E-state index contributed by atoms with van der Waals surface area (Å²) >= 11 is 0. The minimum Gasteiger partial charge on any atom is -0.497 e. The summed E-state index contributed by atoms with van der Waals surface area (Å²) in [6.07, 6.45) is 0.264. The van der Waals surface area contributed by atoms with Crippen LogP contribution in [0.2, 0.25) is 0 Å². The Hall–Kier alpha value is -4.58. The van der Waals surface area contributed by atoms with Crippen molar-refractivity contribution >= 4 is 21.7 Å². The molecule has 0 atom stereocenters. The van der Waals surface area contributed by atoms with Gasteiger partial charge in [-0.2, -0.15) is 4.31 Å². The number of nitro groups is 1. The van der Waals surface area contributed by atoms with Crippen molar-refractivity contribution < 1.29 is 27.6 Å². The van der Waals surface area contributed by atoms with Crippen LogP contribution >= 0.6 is 0 Å². The van der Waals surface area contributed by atoms with Gasteiger partial charge in [0.25, 0.3) is 5.69 Å². The Balaban J connectivity index is 1.69. The summed E-state index contributed by atoms with van der Waals surface area (Å²) in [5, 5.41) is 15.4. The number of carbonyl (C=O) groups excluding carboxylic acids is 1. The maximum atomic E-state index is 13.9. The van der Waals surface area contributed by atoms with Gasteiger partial charge in [-0.25, -0.2) is 8.42 Å². The van der Waals surface area contributed by atoms with Crippen LogP contribution < -0.4 is 10.1 Å². The van der Waals surface area contributed by atoms with E-state index >= 15 is 0 Å². The maximum Gasteiger partial charge on any atom is 0.321 e. The Morgan fingerprint density at radius 3 is 1.87 bits per heavy atom. The van der Waals surface area contributed by atoms with Crippen LogP contribution in [0.25, 0.3) is 0 Å². The first-order chi connectivity index (χ1) is 21.9. The minimum atomic E-state index is -4.46. The topological polar surface area (TPSA) is 128 Å². The summed E-state index contributed by atoms with van der Waals surface area (Å²) in [6, 6.07) is 32.7. The number of carbonyl (C=O) groups is 1. The fraction of sp³-hybridized carbons (Fsp3) is 0.286. The van der Waals surface area contributed by atoms with Crippen LogP contribution in [0.1, 0.15) is 43.9 Å². The Morgan fingerprint density at radius 1 is 0.826 bits per heavy atom. The molecule has 11 heteroatoms. The number of hydrogen-bond acceptors (Lipinski definition) is 8. The van der Waals surface area contributed by atoms with E-state index in [1.807, 2.05) is 84.9 Å². The maximum absolute atomic E-state index is 13.9. The Labute approximate surface area is 270 Å². The average Bonchev–Trinajstić information content (AvgIpc) is 3.04. The summed E-state index contributed by atoms with van der Waals surface area (Å²) in [4.78, 5) is 23.4. The first kappa shape index (κ1) is 34.3. The third kappa shape index (κ3) is 7.97. The standard InChI is InChI=1S/C35H39N3O7S/c1-34(2,3)45-33(39)26-37(46(42,43)32-19-12-11-18-31(32)38(40)41)25-13-24-36-35(27-14-7-5-8-15-27,28-16-9-6-10-17-28)29-20-22-30(44-4)23-21-29/h5-12,14-23,36H,13,24-26H2,1-4H3. The highest BCUT2D eigenvalue weighted by Crippen LogP contribution is 2.37. The Kier molecular flexibility index (Phi) is 10.9. The largest absolute Gasteiger partial charge is 0.497 e. The van der Waals surface area contributed by atoms with Gasteiger partial charge >= 0.3 is 5.97 Å². The average molecular weight is 646 g/mol. The molecule has 242 valence electrons. The molecule has 0 spiro atoms. The highest BCUT2D eigenvalue weighted by molar-refractivity contribution is 7.89. The molecule has 0 fully saturated rings. The van der Waals surface area contributed by atoms with Gasteiger partial charge in [0.05, 0.1) is 17.6 Å². The zero-order valence-electron chi connectivity index (χ0n) is 26.4. The van der Waals surface area contributed by atoms with Gasteiger partial charge in [0.1, 0.15) is 17.9 Å². The van der Waals surface area contributed by atoms with Crippen molar-refractivity contribution in [2.24, 2.45) is 0 Å². The van der Waals surface area contributed by atoms with E-state index in [-0.39, 0.29) is 13.0 Å². The van der Waals surface area contributed by atoms with Gasteiger partial charge in [0.2, 0.25) is 10.0 Å². The molecule has 0 aliphatic carbocycles. The lowest BCUT2D eigenvalue weighted by Gasteiger charge is -2.37. The predicted octanol–water partition coefficient (Wildman–Crippen LogP) is 5.91. The SMILES string of the molecule is COc1ccc(C(NCCCN(CC(=O)OC(C)(C)C)S(=O)(=O)c2ccccc2[N+](=O)[O-])(c2ccccc2)c2ccccc2)cc1. The third-order valence-electron chi connectivity index (χ3n) is 7.32. The molecule has 4 aromatic rings. The Morgan fingerprint density at radius 2 is 1.35 bits per heavy atom. The fourth-order valence-electron chi connectivity index (χ4n) is 5.32. The highest BCUT2D eigenvalue weighted by Gasteiger charge is 2.37. The lowest BCUT2D eigenvalue weighted by atomic mass is 9.77. The number of sulfonamides is 1. The molecule has 0 amide bonds. The Bertz CT molecular complexity index is 1680. The van der Waals surface area contributed by atoms with Crippen molar-refractivity contribution in [3.05, 3.63) is 136 Å². The van der Waals surface area contributed by atoms with Gasteiger partial charge in [-0.05, 0) is 68.6 Å². The van der Waals surface area contributed by atoms with E-state index in [9.17, 15) is 23.3 Å².